The third kappa shape index (κ3) is 4.66. The monoisotopic (exact) mass is 714 g/mol. The van der Waals surface area contributed by atoms with Crippen molar-refractivity contribution in [3.05, 3.63) is 204 Å². The van der Waals surface area contributed by atoms with Crippen molar-refractivity contribution in [2.75, 3.05) is 0 Å². The summed E-state index contributed by atoms with van der Waals surface area (Å²) in [4.78, 5) is 0. The molecule has 0 heteroatoms. The molecule has 0 heterocycles. The molecule has 0 spiro atoms. The largest absolute Gasteiger partial charge is 0.0622 e. The lowest BCUT2D eigenvalue weighted by atomic mass is 9.79. The lowest BCUT2D eigenvalue weighted by Gasteiger charge is -2.24. The summed E-state index contributed by atoms with van der Waals surface area (Å²) < 4.78 is 0. The van der Waals surface area contributed by atoms with Crippen molar-refractivity contribution >= 4 is 21.5 Å². The lowest BCUT2D eigenvalue weighted by molar-refractivity contribution is 0.660. The van der Waals surface area contributed by atoms with Crippen molar-refractivity contribution in [1.29, 1.82) is 0 Å². The van der Waals surface area contributed by atoms with Gasteiger partial charge in [-0.05, 0) is 129 Å². The Bertz CT molecular complexity index is 3050. The van der Waals surface area contributed by atoms with Crippen LogP contribution in [0.15, 0.2) is 182 Å². The van der Waals surface area contributed by atoms with E-state index in [2.05, 4.69) is 210 Å². The summed E-state index contributed by atoms with van der Waals surface area (Å²) in [6.45, 7) is 9.56. The molecule has 9 aromatic rings. The molecule has 0 atom stereocenters. The van der Waals surface area contributed by atoms with Crippen molar-refractivity contribution in [2.24, 2.45) is 0 Å². The summed E-state index contributed by atoms with van der Waals surface area (Å²) in [6, 6.07) is 68.3. The van der Waals surface area contributed by atoms with Crippen LogP contribution in [0.4, 0.5) is 0 Å². The van der Waals surface area contributed by atoms with E-state index in [1.807, 2.05) is 0 Å². The van der Waals surface area contributed by atoms with Gasteiger partial charge in [0.25, 0.3) is 0 Å². The first-order valence-electron chi connectivity index (χ1n) is 19.9. The molecule has 0 saturated carbocycles. The van der Waals surface area contributed by atoms with E-state index in [1.54, 1.807) is 0 Å². The molecule has 2 aliphatic rings. The van der Waals surface area contributed by atoms with Gasteiger partial charge in [0.2, 0.25) is 0 Å². The Balaban J connectivity index is 1.19. The van der Waals surface area contributed by atoms with Gasteiger partial charge >= 0.3 is 0 Å². The maximum atomic E-state index is 2.50. The van der Waals surface area contributed by atoms with E-state index in [0.29, 0.717) is 0 Å². The highest BCUT2D eigenvalue weighted by atomic mass is 14.4. The van der Waals surface area contributed by atoms with Crippen LogP contribution < -0.4 is 0 Å². The number of benzene rings is 9. The summed E-state index contributed by atoms with van der Waals surface area (Å²) in [5, 5.41) is 5.13. The molecule has 0 fully saturated rings. The Labute approximate surface area is 329 Å². The molecule has 0 bridgehead atoms. The van der Waals surface area contributed by atoms with Crippen molar-refractivity contribution in [2.45, 2.75) is 38.5 Å². The van der Waals surface area contributed by atoms with Crippen molar-refractivity contribution < 1.29 is 0 Å². The number of hydrogen-bond acceptors (Lipinski definition) is 0. The molecule has 0 saturated heterocycles. The molecule has 2 aliphatic carbocycles. The fourth-order valence-electron chi connectivity index (χ4n) is 10.3. The normalized spacial score (nSPS) is 14.4. The van der Waals surface area contributed by atoms with E-state index in [0.717, 1.165) is 0 Å². The first kappa shape index (κ1) is 32.9. The van der Waals surface area contributed by atoms with Gasteiger partial charge in [-0.1, -0.05) is 191 Å². The van der Waals surface area contributed by atoms with Crippen molar-refractivity contribution in [3.63, 3.8) is 0 Å². The highest BCUT2D eigenvalue weighted by Gasteiger charge is 2.38. The Hall–Kier alpha value is -6.50. The van der Waals surface area contributed by atoms with Crippen molar-refractivity contribution in [3.8, 4) is 66.8 Å². The summed E-state index contributed by atoms with van der Waals surface area (Å²) in [7, 11) is 0. The molecule has 0 nitrogen and oxygen atoms in total. The van der Waals surface area contributed by atoms with Crippen LogP contribution in [0.1, 0.15) is 49.9 Å². The molecule has 0 N–H and O–H groups in total. The summed E-state index contributed by atoms with van der Waals surface area (Å²) >= 11 is 0. The molecule has 0 unspecified atom stereocenters. The van der Waals surface area contributed by atoms with Gasteiger partial charge in [-0.25, -0.2) is 0 Å². The number of fused-ring (bicyclic) bond motifs is 8. The zero-order valence-electron chi connectivity index (χ0n) is 32.3. The molecule has 0 aliphatic heterocycles. The molecule has 266 valence electrons. The van der Waals surface area contributed by atoms with Gasteiger partial charge in [-0.15, -0.1) is 0 Å². The first-order chi connectivity index (χ1) is 27.3. The molecular weight excluding hydrogens is 673 g/mol. The third-order valence-electron chi connectivity index (χ3n) is 13.1. The van der Waals surface area contributed by atoms with E-state index in [1.165, 1.54) is 111 Å². The minimum absolute atomic E-state index is 0.0840. The molecule has 0 radical (unpaired) electrons. The average Bonchev–Trinajstić information content (AvgIpc) is 3.62. The fourth-order valence-corrected chi connectivity index (χ4v) is 10.3. The standard InChI is InChI=1S/C56H42/c1-55(2)48-24-14-13-22-45(48)54-46(23-15-25-49(54)55)53-43-21-12-11-20-42(43)52(44-31-27-37(32-47(44)53)35-16-7-5-8-17-35)39-28-30-41-40-29-26-38(36-18-9-6-10-19-36)33-50(40)56(3,4)51(41)34-39/h5-34H,1-4H3. The van der Waals surface area contributed by atoms with Gasteiger partial charge in [0.15, 0.2) is 0 Å². The molecule has 9 aromatic carbocycles. The minimum atomic E-state index is -0.151. The predicted molar refractivity (Wildman–Crippen MR) is 238 cm³/mol. The van der Waals surface area contributed by atoms with Crippen LogP contribution in [0.3, 0.4) is 0 Å². The lowest BCUT2D eigenvalue weighted by Crippen LogP contribution is -2.15. The van der Waals surface area contributed by atoms with E-state index in [4.69, 9.17) is 0 Å². The SMILES string of the molecule is CC1(C)c2cc(-c3ccccc3)ccc2-c2ccc(-c3c4ccccc4c(-c4cccc5c4-c4ccccc4C5(C)C)c4cc(-c5ccccc5)ccc34)cc21. The highest BCUT2D eigenvalue weighted by Crippen LogP contribution is 2.56. The van der Waals surface area contributed by atoms with Gasteiger partial charge in [-0.3, -0.25) is 0 Å². The van der Waals surface area contributed by atoms with Gasteiger partial charge in [0.1, 0.15) is 0 Å². The fraction of sp³-hybridized carbons (Fsp3) is 0.107. The van der Waals surface area contributed by atoms with Gasteiger partial charge in [0, 0.05) is 10.8 Å². The van der Waals surface area contributed by atoms with Crippen molar-refractivity contribution in [1.82, 2.24) is 0 Å². The molecule has 11 rings (SSSR count). The summed E-state index contributed by atoms with van der Waals surface area (Å²) in [5.74, 6) is 0. The quantitative estimate of drug-likeness (QED) is 0.159. The van der Waals surface area contributed by atoms with Crippen LogP contribution in [0, 0.1) is 0 Å². The maximum absolute atomic E-state index is 2.50. The third-order valence-corrected chi connectivity index (χ3v) is 13.1. The minimum Gasteiger partial charge on any atom is -0.0622 e. The van der Waals surface area contributed by atoms with E-state index >= 15 is 0 Å². The smallest absolute Gasteiger partial charge is 0.0159 e. The average molecular weight is 715 g/mol. The van der Waals surface area contributed by atoms with Gasteiger partial charge in [0.05, 0.1) is 0 Å². The summed E-state index contributed by atoms with van der Waals surface area (Å²) in [6.07, 6.45) is 0. The topological polar surface area (TPSA) is 0 Å². The predicted octanol–water partition coefficient (Wildman–Crippen LogP) is 15.3. The second kappa shape index (κ2) is 12.0. The van der Waals surface area contributed by atoms with Crippen LogP contribution in [0.2, 0.25) is 0 Å². The second-order valence-corrected chi connectivity index (χ2v) is 16.8. The number of rotatable bonds is 4. The molecule has 0 amide bonds. The Kier molecular flexibility index (Phi) is 7.05. The maximum Gasteiger partial charge on any atom is 0.0159 e. The van der Waals surface area contributed by atoms with Gasteiger partial charge < -0.3 is 0 Å². The van der Waals surface area contributed by atoms with Crippen LogP contribution in [0.25, 0.3) is 88.3 Å². The molecular formula is C56H42. The highest BCUT2D eigenvalue weighted by molar-refractivity contribution is 6.23. The van der Waals surface area contributed by atoms with Gasteiger partial charge in [-0.2, -0.15) is 0 Å². The van der Waals surface area contributed by atoms with Crippen LogP contribution >= 0.6 is 0 Å². The van der Waals surface area contributed by atoms with E-state index in [-0.39, 0.29) is 10.8 Å². The summed E-state index contributed by atoms with van der Waals surface area (Å²) in [5.41, 5.74) is 20.9. The Morgan fingerprint density at radius 3 is 1.43 bits per heavy atom. The first-order valence-corrected chi connectivity index (χ1v) is 19.9. The number of hydrogen-bond donors (Lipinski definition) is 0. The zero-order valence-corrected chi connectivity index (χ0v) is 32.3. The van der Waals surface area contributed by atoms with E-state index < -0.39 is 0 Å². The van der Waals surface area contributed by atoms with E-state index in [9.17, 15) is 0 Å². The Morgan fingerprint density at radius 1 is 0.250 bits per heavy atom. The second-order valence-electron chi connectivity index (χ2n) is 16.8. The van der Waals surface area contributed by atoms with Crippen LogP contribution in [-0.2, 0) is 10.8 Å². The molecule has 0 aromatic heterocycles. The zero-order chi connectivity index (χ0) is 37.8. The Morgan fingerprint density at radius 2 is 0.732 bits per heavy atom. The molecule has 56 heavy (non-hydrogen) atoms. The van der Waals surface area contributed by atoms with Crippen LogP contribution in [0.5, 0.6) is 0 Å². The van der Waals surface area contributed by atoms with Crippen LogP contribution in [-0.4, -0.2) is 0 Å².